The number of anilines is 1. The molecule has 1 unspecified atom stereocenters. The zero-order valence-electron chi connectivity index (χ0n) is 18.3. The largest absolute Gasteiger partial charge is 0.355 e. The highest BCUT2D eigenvalue weighted by molar-refractivity contribution is 5.95. The smallest absolute Gasteiger partial charge is 0.227 e. The van der Waals surface area contributed by atoms with Crippen LogP contribution in [0.15, 0.2) is 29.3 Å². The van der Waals surface area contributed by atoms with Crippen molar-refractivity contribution in [1.29, 1.82) is 0 Å². The average molecular weight is 400 g/mol. The maximum atomic E-state index is 11.9. The standard InChI is InChI=1S/C23H37N5O/c1-24-23(26-17-21(27(2)3)19-8-5-4-6-9-19)25-16-18-11-13-20(14-12-18)28-15-7-10-22(28)29/h11-14,19,21H,4-10,15-17H2,1-3H3,(H2,24,25,26). The van der Waals surface area contributed by atoms with Gasteiger partial charge >= 0.3 is 0 Å². The van der Waals surface area contributed by atoms with Crippen LogP contribution in [0.1, 0.15) is 50.5 Å². The average Bonchev–Trinajstić information content (AvgIpc) is 3.17. The molecule has 1 amide bonds. The molecule has 0 radical (unpaired) electrons. The van der Waals surface area contributed by atoms with Crippen LogP contribution < -0.4 is 15.5 Å². The Morgan fingerprint density at radius 2 is 1.86 bits per heavy atom. The van der Waals surface area contributed by atoms with Gasteiger partial charge in [-0.15, -0.1) is 0 Å². The minimum atomic E-state index is 0.230. The van der Waals surface area contributed by atoms with Gasteiger partial charge < -0.3 is 20.4 Å². The molecule has 1 aromatic carbocycles. The molecule has 1 aliphatic heterocycles. The topological polar surface area (TPSA) is 60.0 Å². The molecule has 29 heavy (non-hydrogen) atoms. The van der Waals surface area contributed by atoms with Crippen LogP contribution in [0, 0.1) is 5.92 Å². The van der Waals surface area contributed by atoms with Crippen molar-refractivity contribution in [2.45, 2.75) is 57.5 Å². The monoisotopic (exact) mass is 399 g/mol. The van der Waals surface area contributed by atoms with Crippen molar-refractivity contribution < 1.29 is 4.79 Å². The summed E-state index contributed by atoms with van der Waals surface area (Å²) in [6.45, 7) is 2.46. The molecule has 2 aliphatic rings. The van der Waals surface area contributed by atoms with E-state index in [0.29, 0.717) is 19.0 Å². The van der Waals surface area contributed by atoms with Gasteiger partial charge in [-0.2, -0.15) is 0 Å². The van der Waals surface area contributed by atoms with E-state index in [9.17, 15) is 4.79 Å². The molecule has 1 heterocycles. The van der Waals surface area contributed by atoms with Crippen molar-refractivity contribution in [2.75, 3.05) is 39.1 Å². The van der Waals surface area contributed by atoms with Crippen molar-refractivity contribution >= 4 is 17.6 Å². The summed E-state index contributed by atoms with van der Waals surface area (Å²) >= 11 is 0. The molecule has 2 fully saturated rings. The first-order valence-electron chi connectivity index (χ1n) is 11.1. The molecule has 160 valence electrons. The fourth-order valence-electron chi connectivity index (χ4n) is 4.61. The van der Waals surface area contributed by atoms with Crippen LogP contribution in [0.4, 0.5) is 5.69 Å². The van der Waals surface area contributed by atoms with Crippen molar-refractivity contribution in [3.8, 4) is 0 Å². The van der Waals surface area contributed by atoms with Gasteiger partial charge in [-0.1, -0.05) is 31.4 Å². The Balaban J connectivity index is 1.48. The SMILES string of the molecule is CN=C(NCc1ccc(N2CCCC2=O)cc1)NCC(C1CCCCC1)N(C)C. The second-order valence-electron chi connectivity index (χ2n) is 8.55. The number of hydrogen-bond acceptors (Lipinski definition) is 3. The van der Waals surface area contributed by atoms with Gasteiger partial charge in [-0.25, -0.2) is 0 Å². The number of nitrogens with one attached hydrogen (secondary N) is 2. The molecule has 6 heteroatoms. The highest BCUT2D eigenvalue weighted by Crippen LogP contribution is 2.28. The minimum absolute atomic E-state index is 0.230. The molecule has 0 bridgehead atoms. The quantitative estimate of drug-likeness (QED) is 0.547. The molecular formula is C23H37N5O. The highest BCUT2D eigenvalue weighted by Gasteiger charge is 2.25. The van der Waals surface area contributed by atoms with Gasteiger partial charge in [-0.3, -0.25) is 9.79 Å². The lowest BCUT2D eigenvalue weighted by Crippen LogP contribution is -2.48. The summed E-state index contributed by atoms with van der Waals surface area (Å²) in [5.41, 5.74) is 2.18. The van der Waals surface area contributed by atoms with Crippen LogP contribution in [-0.4, -0.2) is 57.0 Å². The van der Waals surface area contributed by atoms with Gasteiger partial charge in [0.2, 0.25) is 5.91 Å². The molecule has 1 saturated heterocycles. The van der Waals surface area contributed by atoms with Crippen molar-refractivity contribution in [3.05, 3.63) is 29.8 Å². The summed E-state index contributed by atoms with van der Waals surface area (Å²) in [7, 11) is 6.19. The number of nitrogens with zero attached hydrogens (tertiary/aromatic N) is 3. The fourth-order valence-corrected chi connectivity index (χ4v) is 4.61. The third kappa shape index (κ3) is 5.95. The molecule has 0 aromatic heterocycles. The van der Waals surface area contributed by atoms with Crippen LogP contribution in [0.5, 0.6) is 0 Å². The molecule has 6 nitrogen and oxygen atoms in total. The van der Waals surface area contributed by atoms with Crippen LogP contribution in [0.3, 0.4) is 0 Å². The van der Waals surface area contributed by atoms with Gasteiger partial charge in [0.15, 0.2) is 5.96 Å². The summed E-state index contributed by atoms with van der Waals surface area (Å²) in [6, 6.07) is 8.80. The van der Waals surface area contributed by atoms with E-state index in [0.717, 1.165) is 37.1 Å². The lowest BCUT2D eigenvalue weighted by atomic mass is 9.83. The first kappa shape index (κ1) is 21.6. The summed E-state index contributed by atoms with van der Waals surface area (Å²) in [5.74, 6) is 1.84. The Morgan fingerprint density at radius 1 is 1.14 bits per heavy atom. The number of aliphatic imine (C=N–C) groups is 1. The maximum absolute atomic E-state index is 11.9. The molecule has 1 aliphatic carbocycles. The molecule has 1 saturated carbocycles. The Kier molecular flexibility index (Phi) is 7.92. The van der Waals surface area contributed by atoms with E-state index < -0.39 is 0 Å². The molecule has 2 N–H and O–H groups in total. The normalized spacial score (nSPS) is 19.7. The Labute approximate surface area is 175 Å². The van der Waals surface area contributed by atoms with Crippen molar-refractivity contribution in [1.82, 2.24) is 15.5 Å². The van der Waals surface area contributed by atoms with E-state index >= 15 is 0 Å². The third-order valence-corrected chi connectivity index (χ3v) is 6.34. The number of amides is 1. The van der Waals surface area contributed by atoms with E-state index in [2.05, 4.69) is 46.8 Å². The van der Waals surface area contributed by atoms with Crippen LogP contribution in [0.25, 0.3) is 0 Å². The van der Waals surface area contributed by atoms with Gasteiger partial charge in [-0.05, 0) is 57.0 Å². The zero-order valence-corrected chi connectivity index (χ0v) is 18.3. The number of carbonyl (C=O) groups is 1. The predicted molar refractivity (Wildman–Crippen MR) is 120 cm³/mol. The minimum Gasteiger partial charge on any atom is -0.355 e. The number of hydrogen-bond donors (Lipinski definition) is 2. The Morgan fingerprint density at radius 3 is 2.45 bits per heavy atom. The van der Waals surface area contributed by atoms with Crippen molar-refractivity contribution in [3.63, 3.8) is 0 Å². The Hall–Kier alpha value is -2.08. The summed E-state index contributed by atoms with van der Waals surface area (Å²) < 4.78 is 0. The highest BCUT2D eigenvalue weighted by atomic mass is 16.2. The van der Waals surface area contributed by atoms with Gasteiger partial charge in [0.1, 0.15) is 0 Å². The number of benzene rings is 1. The summed E-state index contributed by atoms with van der Waals surface area (Å²) in [5, 5.41) is 6.95. The molecule has 1 aromatic rings. The maximum Gasteiger partial charge on any atom is 0.227 e. The number of guanidine groups is 1. The molecule has 1 atom stereocenters. The zero-order chi connectivity index (χ0) is 20.6. The first-order chi connectivity index (χ1) is 14.1. The number of rotatable bonds is 7. The lowest BCUT2D eigenvalue weighted by Gasteiger charge is -2.35. The van der Waals surface area contributed by atoms with Gasteiger partial charge in [0.05, 0.1) is 0 Å². The van der Waals surface area contributed by atoms with Gasteiger partial charge in [0.25, 0.3) is 0 Å². The second-order valence-corrected chi connectivity index (χ2v) is 8.55. The van der Waals surface area contributed by atoms with E-state index in [1.165, 1.54) is 37.7 Å². The van der Waals surface area contributed by atoms with E-state index in [4.69, 9.17) is 0 Å². The second kappa shape index (κ2) is 10.6. The van der Waals surface area contributed by atoms with Crippen molar-refractivity contribution in [2.24, 2.45) is 10.9 Å². The lowest BCUT2D eigenvalue weighted by molar-refractivity contribution is -0.117. The van der Waals surface area contributed by atoms with E-state index in [1.54, 1.807) is 0 Å². The van der Waals surface area contributed by atoms with E-state index in [-0.39, 0.29) is 5.91 Å². The van der Waals surface area contributed by atoms with E-state index in [1.807, 2.05) is 24.1 Å². The Bertz CT molecular complexity index is 679. The first-order valence-corrected chi connectivity index (χ1v) is 11.1. The molecule has 3 rings (SSSR count). The van der Waals surface area contributed by atoms with Crippen LogP contribution in [-0.2, 0) is 11.3 Å². The van der Waals surface area contributed by atoms with Crippen LogP contribution in [0.2, 0.25) is 0 Å². The number of carbonyl (C=O) groups excluding carboxylic acids is 1. The summed E-state index contributed by atoms with van der Waals surface area (Å²) in [6.07, 6.45) is 8.41. The molecule has 0 spiro atoms. The third-order valence-electron chi connectivity index (χ3n) is 6.34. The van der Waals surface area contributed by atoms with Crippen LogP contribution >= 0.6 is 0 Å². The van der Waals surface area contributed by atoms with Gasteiger partial charge in [0, 0.05) is 44.8 Å². The summed E-state index contributed by atoms with van der Waals surface area (Å²) in [4.78, 5) is 20.5. The predicted octanol–water partition coefficient (Wildman–Crippen LogP) is 2.99. The molecular weight excluding hydrogens is 362 g/mol. The fraction of sp³-hybridized carbons (Fsp3) is 0.652. The number of likely N-dealkylation sites (N-methyl/N-ethyl adjacent to an activating group) is 1.